The highest BCUT2D eigenvalue weighted by Crippen LogP contribution is 2.15. The molecule has 3 nitrogen and oxygen atoms in total. The Morgan fingerprint density at radius 2 is 1.89 bits per heavy atom. The summed E-state index contributed by atoms with van der Waals surface area (Å²) >= 11 is 0. The van der Waals surface area contributed by atoms with E-state index < -0.39 is 0 Å². The van der Waals surface area contributed by atoms with Gasteiger partial charge in [-0.1, -0.05) is 30.7 Å². The van der Waals surface area contributed by atoms with Crippen molar-refractivity contribution >= 4 is 11.7 Å². The van der Waals surface area contributed by atoms with E-state index in [2.05, 4.69) is 43.0 Å². The maximum Gasteiger partial charge on any atom is 0.333 e. The highest BCUT2D eigenvalue weighted by atomic mass is 16.5. The number of methoxy groups -OCH3 is 1. The molecule has 0 radical (unpaired) electrons. The normalized spacial score (nSPS) is 11.3. The molecule has 1 rings (SSSR count). The third kappa shape index (κ3) is 4.43. The fraction of sp³-hybridized carbons (Fsp3) is 0.438. The SMILES string of the molecule is CCC(=CCN(CC)c1ccc(C)cc1)C(=O)OC. The van der Waals surface area contributed by atoms with Crippen molar-refractivity contribution in [2.75, 3.05) is 25.1 Å². The molecule has 0 aliphatic carbocycles. The van der Waals surface area contributed by atoms with Gasteiger partial charge >= 0.3 is 5.97 Å². The largest absolute Gasteiger partial charge is 0.466 e. The number of anilines is 1. The van der Waals surface area contributed by atoms with Crippen LogP contribution in [-0.2, 0) is 9.53 Å². The van der Waals surface area contributed by atoms with Crippen LogP contribution in [0.25, 0.3) is 0 Å². The summed E-state index contributed by atoms with van der Waals surface area (Å²) in [5.41, 5.74) is 3.15. The van der Waals surface area contributed by atoms with Crippen LogP contribution in [0.4, 0.5) is 5.69 Å². The van der Waals surface area contributed by atoms with Gasteiger partial charge in [-0.3, -0.25) is 0 Å². The summed E-state index contributed by atoms with van der Waals surface area (Å²) in [4.78, 5) is 13.7. The molecule has 1 aromatic carbocycles. The Balaban J connectivity index is 2.79. The molecule has 0 spiro atoms. The van der Waals surface area contributed by atoms with Crippen molar-refractivity contribution in [3.63, 3.8) is 0 Å². The van der Waals surface area contributed by atoms with Gasteiger partial charge in [0.15, 0.2) is 0 Å². The Labute approximate surface area is 115 Å². The molecule has 0 aromatic heterocycles. The van der Waals surface area contributed by atoms with E-state index >= 15 is 0 Å². The topological polar surface area (TPSA) is 29.5 Å². The number of carbonyl (C=O) groups is 1. The van der Waals surface area contributed by atoms with Crippen molar-refractivity contribution in [1.82, 2.24) is 0 Å². The molecule has 0 atom stereocenters. The monoisotopic (exact) mass is 261 g/mol. The Hall–Kier alpha value is -1.77. The zero-order chi connectivity index (χ0) is 14.3. The standard InChI is InChI=1S/C16H23NO2/c1-5-14(16(18)19-4)11-12-17(6-2)15-9-7-13(3)8-10-15/h7-11H,5-6,12H2,1-4H3. The fourth-order valence-corrected chi connectivity index (χ4v) is 1.90. The van der Waals surface area contributed by atoms with E-state index in [1.165, 1.54) is 18.4 Å². The van der Waals surface area contributed by atoms with Gasteiger partial charge in [0, 0.05) is 24.4 Å². The second-order valence-electron chi connectivity index (χ2n) is 4.45. The van der Waals surface area contributed by atoms with Crippen molar-refractivity contribution in [3.8, 4) is 0 Å². The van der Waals surface area contributed by atoms with E-state index in [9.17, 15) is 4.79 Å². The molecule has 3 heteroatoms. The van der Waals surface area contributed by atoms with Gasteiger partial charge in [-0.2, -0.15) is 0 Å². The van der Waals surface area contributed by atoms with Gasteiger partial charge in [0.25, 0.3) is 0 Å². The molecule has 104 valence electrons. The first-order chi connectivity index (χ1) is 9.12. The number of esters is 1. The second-order valence-corrected chi connectivity index (χ2v) is 4.45. The maximum atomic E-state index is 11.5. The number of benzene rings is 1. The van der Waals surface area contributed by atoms with Crippen LogP contribution in [0.15, 0.2) is 35.9 Å². The summed E-state index contributed by atoms with van der Waals surface area (Å²) in [6.45, 7) is 7.77. The summed E-state index contributed by atoms with van der Waals surface area (Å²) in [5, 5.41) is 0. The number of hydrogen-bond donors (Lipinski definition) is 0. The first-order valence-corrected chi connectivity index (χ1v) is 6.71. The lowest BCUT2D eigenvalue weighted by atomic mass is 10.1. The minimum atomic E-state index is -0.234. The first kappa shape index (κ1) is 15.3. The van der Waals surface area contributed by atoms with E-state index in [0.29, 0.717) is 6.42 Å². The van der Waals surface area contributed by atoms with E-state index in [1.54, 1.807) is 0 Å². The number of carbonyl (C=O) groups excluding carboxylic acids is 1. The van der Waals surface area contributed by atoms with Crippen LogP contribution in [0.2, 0.25) is 0 Å². The molecular weight excluding hydrogens is 238 g/mol. The molecule has 0 saturated heterocycles. The summed E-state index contributed by atoms with van der Waals surface area (Å²) in [7, 11) is 1.42. The molecule has 0 aliphatic rings. The van der Waals surface area contributed by atoms with Crippen molar-refractivity contribution in [2.24, 2.45) is 0 Å². The molecular formula is C16H23NO2. The Kier molecular flexibility index (Phi) is 6.13. The smallest absolute Gasteiger partial charge is 0.333 e. The van der Waals surface area contributed by atoms with Gasteiger partial charge in [-0.25, -0.2) is 4.79 Å². The maximum absolute atomic E-state index is 11.5. The molecule has 1 aromatic rings. The van der Waals surface area contributed by atoms with Crippen LogP contribution in [0.3, 0.4) is 0 Å². The average Bonchev–Trinajstić information content (AvgIpc) is 2.44. The van der Waals surface area contributed by atoms with Crippen LogP contribution in [0.1, 0.15) is 25.8 Å². The van der Waals surface area contributed by atoms with Crippen LogP contribution < -0.4 is 4.90 Å². The second kappa shape index (κ2) is 7.62. The van der Waals surface area contributed by atoms with E-state index in [0.717, 1.165) is 18.7 Å². The van der Waals surface area contributed by atoms with Gasteiger partial charge in [-0.05, 0) is 32.4 Å². The van der Waals surface area contributed by atoms with Crippen molar-refractivity contribution < 1.29 is 9.53 Å². The van der Waals surface area contributed by atoms with Crippen LogP contribution in [0.5, 0.6) is 0 Å². The van der Waals surface area contributed by atoms with Gasteiger partial charge in [0.05, 0.1) is 7.11 Å². The average molecular weight is 261 g/mol. The van der Waals surface area contributed by atoms with Gasteiger partial charge in [0.2, 0.25) is 0 Å². The molecule has 0 fully saturated rings. The molecule has 19 heavy (non-hydrogen) atoms. The van der Waals surface area contributed by atoms with Gasteiger partial charge < -0.3 is 9.64 Å². The molecule has 0 N–H and O–H groups in total. The van der Waals surface area contributed by atoms with E-state index in [1.807, 2.05) is 13.0 Å². The minimum absolute atomic E-state index is 0.234. The van der Waals surface area contributed by atoms with Crippen LogP contribution >= 0.6 is 0 Å². The van der Waals surface area contributed by atoms with Crippen molar-refractivity contribution in [2.45, 2.75) is 27.2 Å². The Morgan fingerprint density at radius 1 is 1.26 bits per heavy atom. The van der Waals surface area contributed by atoms with Crippen LogP contribution in [-0.4, -0.2) is 26.2 Å². The number of hydrogen-bond acceptors (Lipinski definition) is 3. The molecule has 0 saturated carbocycles. The number of aryl methyl sites for hydroxylation is 1. The minimum Gasteiger partial charge on any atom is -0.466 e. The van der Waals surface area contributed by atoms with Crippen molar-refractivity contribution in [3.05, 3.63) is 41.5 Å². The predicted octanol–water partition coefficient (Wildman–Crippen LogP) is 3.33. The van der Waals surface area contributed by atoms with Crippen molar-refractivity contribution in [1.29, 1.82) is 0 Å². The van der Waals surface area contributed by atoms with Gasteiger partial charge in [-0.15, -0.1) is 0 Å². The molecule has 0 amide bonds. The number of nitrogens with zero attached hydrogens (tertiary/aromatic N) is 1. The number of likely N-dealkylation sites (N-methyl/N-ethyl adjacent to an activating group) is 1. The fourth-order valence-electron chi connectivity index (χ4n) is 1.90. The lowest BCUT2D eigenvalue weighted by molar-refractivity contribution is -0.136. The molecule has 0 aliphatic heterocycles. The summed E-state index contributed by atoms with van der Waals surface area (Å²) in [5.74, 6) is -0.234. The summed E-state index contributed by atoms with van der Waals surface area (Å²) < 4.78 is 4.76. The zero-order valence-corrected chi connectivity index (χ0v) is 12.3. The molecule has 0 unspecified atom stereocenters. The predicted molar refractivity (Wildman–Crippen MR) is 79.5 cm³/mol. The molecule has 0 heterocycles. The Bertz CT molecular complexity index is 435. The van der Waals surface area contributed by atoms with Crippen LogP contribution in [0, 0.1) is 6.92 Å². The lowest BCUT2D eigenvalue weighted by Gasteiger charge is -2.22. The Morgan fingerprint density at radius 3 is 2.37 bits per heavy atom. The summed E-state index contributed by atoms with van der Waals surface area (Å²) in [6.07, 6.45) is 2.65. The van der Waals surface area contributed by atoms with Gasteiger partial charge in [0.1, 0.15) is 0 Å². The summed E-state index contributed by atoms with van der Waals surface area (Å²) in [6, 6.07) is 8.42. The number of ether oxygens (including phenoxy) is 1. The number of rotatable bonds is 6. The third-order valence-corrected chi connectivity index (χ3v) is 3.17. The molecule has 0 bridgehead atoms. The third-order valence-electron chi connectivity index (χ3n) is 3.17. The quantitative estimate of drug-likeness (QED) is 0.581. The lowest BCUT2D eigenvalue weighted by Crippen LogP contribution is -2.23. The zero-order valence-electron chi connectivity index (χ0n) is 12.3. The van der Waals surface area contributed by atoms with E-state index in [4.69, 9.17) is 4.74 Å². The highest BCUT2D eigenvalue weighted by Gasteiger charge is 2.08. The first-order valence-electron chi connectivity index (χ1n) is 6.71. The highest BCUT2D eigenvalue weighted by molar-refractivity contribution is 5.88. The van der Waals surface area contributed by atoms with E-state index in [-0.39, 0.29) is 5.97 Å².